The summed E-state index contributed by atoms with van der Waals surface area (Å²) in [7, 11) is 4.80. The Kier molecular flexibility index (Phi) is 8.54. The van der Waals surface area contributed by atoms with Crippen LogP contribution in [0.4, 0.5) is 0 Å². The number of pyridine rings is 2. The lowest BCUT2D eigenvalue weighted by Gasteiger charge is -2.30. The summed E-state index contributed by atoms with van der Waals surface area (Å²) in [5.74, 6) is 2.65. The fourth-order valence-electron chi connectivity index (χ4n) is 4.99. The Labute approximate surface area is 237 Å². The van der Waals surface area contributed by atoms with E-state index in [1.165, 1.54) is 0 Å². The highest BCUT2D eigenvalue weighted by atomic mass is 16.5. The third-order valence-corrected chi connectivity index (χ3v) is 7.08. The fraction of sp³-hybridized carbons (Fsp3) is 0.300. The van der Waals surface area contributed by atoms with E-state index in [-0.39, 0.29) is 11.6 Å². The summed E-state index contributed by atoms with van der Waals surface area (Å²) in [6.45, 7) is 3.50. The van der Waals surface area contributed by atoms with Crippen LogP contribution in [0.25, 0.3) is 10.9 Å². The van der Waals surface area contributed by atoms with Crippen molar-refractivity contribution >= 4 is 10.9 Å². The third kappa shape index (κ3) is 6.20. The summed E-state index contributed by atoms with van der Waals surface area (Å²) in [4.78, 5) is 22.8. The predicted octanol–water partition coefficient (Wildman–Crippen LogP) is 4.14. The number of hydrogen-bond donors (Lipinski definition) is 1. The minimum absolute atomic E-state index is 0.173. The van der Waals surface area contributed by atoms with Crippen molar-refractivity contribution in [1.29, 1.82) is 0 Å². The minimum Gasteiger partial charge on any atom is -0.497 e. The largest absolute Gasteiger partial charge is 0.497 e. The molecule has 0 aliphatic carbocycles. The van der Waals surface area contributed by atoms with Crippen LogP contribution in [-0.2, 0) is 19.6 Å². The van der Waals surface area contributed by atoms with Crippen molar-refractivity contribution in [2.45, 2.75) is 39.0 Å². The first-order valence-corrected chi connectivity index (χ1v) is 13.3. The minimum atomic E-state index is -0.177. The van der Waals surface area contributed by atoms with Crippen LogP contribution in [0.2, 0.25) is 0 Å². The number of hydrogen-bond acceptors (Lipinski definition) is 9. The summed E-state index contributed by atoms with van der Waals surface area (Å²) in [5, 5.41) is 13.6. The van der Waals surface area contributed by atoms with Gasteiger partial charge in [-0.25, -0.2) is 4.68 Å². The Hall–Kier alpha value is -4.77. The zero-order valence-corrected chi connectivity index (χ0v) is 23.6. The predicted molar refractivity (Wildman–Crippen MR) is 154 cm³/mol. The summed E-state index contributed by atoms with van der Waals surface area (Å²) in [6, 6.07) is 17.1. The first kappa shape index (κ1) is 27.8. The van der Waals surface area contributed by atoms with Gasteiger partial charge in [-0.05, 0) is 58.3 Å². The summed E-state index contributed by atoms with van der Waals surface area (Å²) in [6.07, 6.45) is 4.30. The molecule has 212 valence electrons. The third-order valence-electron chi connectivity index (χ3n) is 7.08. The van der Waals surface area contributed by atoms with Crippen LogP contribution in [-0.4, -0.2) is 56.4 Å². The van der Waals surface area contributed by atoms with Crippen LogP contribution < -0.4 is 19.8 Å². The molecule has 1 unspecified atom stereocenters. The van der Waals surface area contributed by atoms with Gasteiger partial charge in [0.05, 0.1) is 39.4 Å². The number of rotatable bonds is 12. The van der Waals surface area contributed by atoms with Crippen LogP contribution in [0.3, 0.4) is 0 Å². The summed E-state index contributed by atoms with van der Waals surface area (Å²) >= 11 is 0. The van der Waals surface area contributed by atoms with E-state index in [0.29, 0.717) is 42.2 Å². The maximum Gasteiger partial charge on any atom is 0.252 e. The Morgan fingerprint density at radius 2 is 1.73 bits per heavy atom. The van der Waals surface area contributed by atoms with E-state index >= 15 is 0 Å². The number of nitrogens with one attached hydrogen (secondary N) is 1. The SMILES string of the molecule is CCC(c1nnnn1Cc1ccc(OC)cc1)N(Cc1cccnc1)Cc1cc2cc(OC)c(OC)cc2[nH]c1=O. The number of benzene rings is 2. The van der Waals surface area contributed by atoms with E-state index in [0.717, 1.165) is 34.5 Å². The molecule has 11 nitrogen and oxygen atoms in total. The lowest BCUT2D eigenvalue weighted by atomic mass is 10.1. The number of aromatic nitrogens is 6. The molecule has 5 rings (SSSR count). The molecule has 0 aliphatic rings. The first-order chi connectivity index (χ1) is 20.0. The van der Waals surface area contributed by atoms with Crippen LogP contribution in [0.1, 0.15) is 41.9 Å². The van der Waals surface area contributed by atoms with Crippen LogP contribution >= 0.6 is 0 Å². The highest BCUT2D eigenvalue weighted by Gasteiger charge is 2.26. The molecule has 0 aliphatic heterocycles. The van der Waals surface area contributed by atoms with Gasteiger partial charge in [0.15, 0.2) is 17.3 Å². The van der Waals surface area contributed by atoms with Gasteiger partial charge < -0.3 is 19.2 Å². The molecule has 3 heterocycles. The molecule has 0 amide bonds. The summed E-state index contributed by atoms with van der Waals surface area (Å²) < 4.78 is 18.0. The van der Waals surface area contributed by atoms with Gasteiger partial charge in [-0.1, -0.05) is 25.1 Å². The maximum atomic E-state index is 13.3. The van der Waals surface area contributed by atoms with E-state index in [9.17, 15) is 4.79 Å². The molecule has 41 heavy (non-hydrogen) atoms. The molecule has 0 spiro atoms. The molecule has 0 fully saturated rings. The average Bonchev–Trinajstić information content (AvgIpc) is 3.45. The second-order valence-corrected chi connectivity index (χ2v) is 9.65. The van der Waals surface area contributed by atoms with Crippen LogP contribution in [0.5, 0.6) is 17.2 Å². The molecule has 0 bridgehead atoms. The zero-order valence-electron chi connectivity index (χ0n) is 23.6. The van der Waals surface area contributed by atoms with Gasteiger partial charge in [0.25, 0.3) is 5.56 Å². The molecule has 3 aromatic heterocycles. The monoisotopic (exact) mass is 555 g/mol. The van der Waals surface area contributed by atoms with E-state index < -0.39 is 0 Å². The van der Waals surface area contributed by atoms with Gasteiger partial charge in [-0.15, -0.1) is 5.10 Å². The molecule has 11 heteroatoms. The quantitative estimate of drug-likeness (QED) is 0.242. The highest BCUT2D eigenvalue weighted by Crippen LogP contribution is 2.32. The van der Waals surface area contributed by atoms with E-state index in [1.807, 2.05) is 59.4 Å². The smallest absolute Gasteiger partial charge is 0.252 e. The normalized spacial score (nSPS) is 12.0. The maximum absolute atomic E-state index is 13.3. The number of aromatic amines is 1. The molecular formula is C30H33N7O4. The topological polar surface area (TPSA) is 120 Å². The Balaban J connectivity index is 1.51. The van der Waals surface area contributed by atoms with Crippen molar-refractivity contribution in [3.8, 4) is 17.2 Å². The van der Waals surface area contributed by atoms with E-state index in [2.05, 4.69) is 37.3 Å². The van der Waals surface area contributed by atoms with Crippen LogP contribution in [0, 0.1) is 0 Å². The van der Waals surface area contributed by atoms with Gasteiger partial charge in [0, 0.05) is 42.5 Å². The molecule has 0 saturated heterocycles. The van der Waals surface area contributed by atoms with Crippen molar-refractivity contribution in [2.24, 2.45) is 0 Å². The van der Waals surface area contributed by atoms with Gasteiger partial charge >= 0.3 is 0 Å². The number of tetrazole rings is 1. The Morgan fingerprint density at radius 1 is 0.951 bits per heavy atom. The number of H-pyrrole nitrogens is 1. The van der Waals surface area contributed by atoms with Crippen molar-refractivity contribution in [1.82, 2.24) is 35.1 Å². The second kappa shape index (κ2) is 12.6. The molecule has 5 aromatic rings. The standard InChI is InChI=1S/C30H33N7O4/c1-5-26(29-33-34-35-37(29)18-20-8-10-24(39-2)11-9-20)36(17-21-7-6-12-31-16-21)19-23-13-22-14-27(40-3)28(41-4)15-25(22)32-30(23)38/h6-16,26H,5,17-19H2,1-4H3,(H,32,38). The van der Waals surface area contributed by atoms with Crippen LogP contribution in [0.15, 0.2) is 71.8 Å². The number of fused-ring (bicyclic) bond motifs is 1. The molecule has 1 N–H and O–H groups in total. The lowest BCUT2D eigenvalue weighted by molar-refractivity contribution is 0.161. The fourth-order valence-corrected chi connectivity index (χ4v) is 4.99. The van der Waals surface area contributed by atoms with Gasteiger partial charge in [-0.2, -0.15) is 0 Å². The highest BCUT2D eigenvalue weighted by molar-refractivity contribution is 5.83. The molecule has 0 radical (unpaired) electrons. The van der Waals surface area contributed by atoms with Gasteiger partial charge in [0.2, 0.25) is 0 Å². The molecule has 1 atom stereocenters. The number of ether oxygens (including phenoxy) is 3. The molecular weight excluding hydrogens is 522 g/mol. The lowest BCUT2D eigenvalue weighted by Crippen LogP contribution is -2.32. The first-order valence-electron chi connectivity index (χ1n) is 13.3. The van der Waals surface area contributed by atoms with E-state index in [1.54, 1.807) is 33.6 Å². The average molecular weight is 556 g/mol. The van der Waals surface area contributed by atoms with Crippen molar-refractivity contribution in [2.75, 3.05) is 21.3 Å². The number of nitrogens with zero attached hydrogens (tertiary/aromatic N) is 6. The second-order valence-electron chi connectivity index (χ2n) is 9.65. The Bertz CT molecular complexity index is 1650. The Morgan fingerprint density at radius 3 is 2.41 bits per heavy atom. The molecule has 2 aromatic carbocycles. The van der Waals surface area contributed by atoms with Crippen molar-refractivity contribution < 1.29 is 14.2 Å². The van der Waals surface area contributed by atoms with Crippen molar-refractivity contribution in [3.63, 3.8) is 0 Å². The molecule has 0 saturated carbocycles. The van der Waals surface area contributed by atoms with E-state index in [4.69, 9.17) is 14.2 Å². The van der Waals surface area contributed by atoms with Gasteiger partial charge in [0.1, 0.15) is 5.75 Å². The summed E-state index contributed by atoms with van der Waals surface area (Å²) in [5.41, 5.74) is 3.17. The van der Waals surface area contributed by atoms with Crippen molar-refractivity contribution in [3.05, 3.63) is 99.9 Å². The van der Waals surface area contributed by atoms with Gasteiger partial charge in [-0.3, -0.25) is 14.7 Å². The zero-order chi connectivity index (χ0) is 28.8. The number of methoxy groups -OCH3 is 3.